The van der Waals surface area contributed by atoms with E-state index in [4.69, 9.17) is 9.47 Å². The summed E-state index contributed by atoms with van der Waals surface area (Å²) in [6.45, 7) is 12.4. The Morgan fingerprint density at radius 3 is 2.50 bits per heavy atom. The van der Waals surface area contributed by atoms with Crippen molar-refractivity contribution in [1.82, 2.24) is 4.90 Å². The molecule has 1 aliphatic rings. The number of carbonyl (C=O) groups excluding carboxylic acids is 1. The maximum atomic E-state index is 12.2. The van der Waals surface area contributed by atoms with Crippen LogP contribution in [-0.4, -0.2) is 46.2 Å². The number of amides is 1. The number of ether oxygens (including phenoxy) is 2. The lowest BCUT2D eigenvalue weighted by molar-refractivity contribution is -0.0723. The zero-order valence-electron chi connectivity index (χ0n) is 11.8. The highest BCUT2D eigenvalue weighted by molar-refractivity contribution is 5.70. The summed E-state index contributed by atoms with van der Waals surface area (Å²) in [7, 11) is 0. The SMILES string of the molecule is C=CC1OC(C)(C)N(C(=O)OC(C)(C)C)C1CO. The molecule has 0 aromatic heterocycles. The summed E-state index contributed by atoms with van der Waals surface area (Å²) in [5.74, 6) is 0. The molecule has 1 aliphatic heterocycles. The van der Waals surface area contributed by atoms with Crippen molar-refractivity contribution in [2.24, 2.45) is 0 Å². The van der Waals surface area contributed by atoms with Gasteiger partial charge in [0.15, 0.2) is 0 Å². The fourth-order valence-corrected chi connectivity index (χ4v) is 2.07. The van der Waals surface area contributed by atoms with E-state index < -0.39 is 29.6 Å². The summed E-state index contributed by atoms with van der Waals surface area (Å²) in [5.41, 5.74) is -1.41. The molecule has 0 radical (unpaired) electrons. The van der Waals surface area contributed by atoms with Crippen LogP contribution in [0.1, 0.15) is 34.6 Å². The summed E-state index contributed by atoms with van der Waals surface area (Å²) in [6, 6.07) is -0.465. The van der Waals surface area contributed by atoms with E-state index in [2.05, 4.69) is 6.58 Å². The molecule has 0 bridgehead atoms. The fourth-order valence-electron chi connectivity index (χ4n) is 2.07. The van der Waals surface area contributed by atoms with Gasteiger partial charge in [-0.15, -0.1) is 6.58 Å². The molecule has 5 heteroatoms. The monoisotopic (exact) mass is 257 g/mol. The molecule has 1 fully saturated rings. The lowest BCUT2D eigenvalue weighted by Gasteiger charge is -2.34. The largest absolute Gasteiger partial charge is 0.444 e. The lowest BCUT2D eigenvalue weighted by atomic mass is 10.1. The van der Waals surface area contributed by atoms with E-state index in [1.54, 1.807) is 40.7 Å². The normalized spacial score (nSPS) is 27.1. The van der Waals surface area contributed by atoms with Gasteiger partial charge in [-0.05, 0) is 34.6 Å². The fraction of sp³-hybridized carbons (Fsp3) is 0.769. The minimum atomic E-state index is -0.825. The molecule has 1 amide bonds. The second kappa shape index (κ2) is 4.90. The second-order valence-corrected chi connectivity index (χ2v) is 5.87. The van der Waals surface area contributed by atoms with Gasteiger partial charge in [-0.1, -0.05) is 6.08 Å². The third-order valence-corrected chi connectivity index (χ3v) is 2.73. The molecule has 0 spiro atoms. The predicted octanol–water partition coefficient (Wildman–Crippen LogP) is 1.91. The Balaban J connectivity index is 2.96. The van der Waals surface area contributed by atoms with Crippen LogP contribution in [0.15, 0.2) is 12.7 Å². The maximum Gasteiger partial charge on any atom is 0.413 e. The van der Waals surface area contributed by atoms with E-state index >= 15 is 0 Å². The van der Waals surface area contributed by atoms with E-state index in [0.29, 0.717) is 0 Å². The number of hydrogen-bond acceptors (Lipinski definition) is 4. The van der Waals surface area contributed by atoms with E-state index in [-0.39, 0.29) is 6.61 Å². The quantitative estimate of drug-likeness (QED) is 0.768. The third-order valence-electron chi connectivity index (χ3n) is 2.73. The van der Waals surface area contributed by atoms with E-state index in [0.717, 1.165) is 0 Å². The van der Waals surface area contributed by atoms with E-state index in [1.807, 2.05) is 0 Å². The van der Waals surface area contributed by atoms with E-state index in [1.165, 1.54) is 4.90 Å². The molecule has 0 aliphatic carbocycles. The third kappa shape index (κ3) is 3.03. The van der Waals surface area contributed by atoms with Crippen molar-refractivity contribution in [3.8, 4) is 0 Å². The average molecular weight is 257 g/mol. The Labute approximate surface area is 108 Å². The summed E-state index contributed by atoms with van der Waals surface area (Å²) >= 11 is 0. The molecule has 0 saturated carbocycles. The van der Waals surface area contributed by atoms with Crippen molar-refractivity contribution >= 4 is 6.09 Å². The van der Waals surface area contributed by atoms with Crippen LogP contribution < -0.4 is 0 Å². The summed E-state index contributed by atoms with van der Waals surface area (Å²) < 4.78 is 11.0. The number of carbonyl (C=O) groups is 1. The first-order valence-electron chi connectivity index (χ1n) is 6.06. The zero-order valence-corrected chi connectivity index (χ0v) is 11.8. The van der Waals surface area contributed by atoms with Crippen molar-refractivity contribution < 1.29 is 19.4 Å². The van der Waals surface area contributed by atoms with Gasteiger partial charge in [0.05, 0.1) is 12.6 Å². The number of hydrogen-bond donors (Lipinski definition) is 1. The second-order valence-electron chi connectivity index (χ2n) is 5.87. The van der Waals surface area contributed by atoms with Crippen LogP contribution in [0.2, 0.25) is 0 Å². The van der Waals surface area contributed by atoms with Crippen molar-refractivity contribution in [3.05, 3.63) is 12.7 Å². The van der Waals surface area contributed by atoms with Gasteiger partial charge < -0.3 is 14.6 Å². The van der Waals surface area contributed by atoms with Crippen LogP contribution in [0.4, 0.5) is 4.79 Å². The smallest absolute Gasteiger partial charge is 0.413 e. The number of aliphatic hydroxyl groups is 1. The molecule has 2 unspecified atom stereocenters. The standard InChI is InChI=1S/C13H23NO4/c1-7-10-9(8-15)14(13(5,6)17-10)11(16)18-12(2,3)4/h7,9-10,15H,1,8H2,2-6H3. The molecule has 5 nitrogen and oxygen atoms in total. The minimum absolute atomic E-state index is 0.195. The molecular weight excluding hydrogens is 234 g/mol. The zero-order chi connectivity index (χ0) is 14.1. The molecule has 0 aromatic rings. The van der Waals surface area contributed by atoms with Crippen LogP contribution in [0.25, 0.3) is 0 Å². The Hall–Kier alpha value is -1.07. The van der Waals surface area contributed by atoms with Crippen LogP contribution >= 0.6 is 0 Å². The number of aliphatic hydroxyl groups excluding tert-OH is 1. The van der Waals surface area contributed by atoms with Crippen molar-refractivity contribution in [1.29, 1.82) is 0 Å². The summed E-state index contributed by atoms with van der Waals surface area (Å²) in [6.07, 6.45) is 0.709. The highest BCUT2D eigenvalue weighted by Crippen LogP contribution is 2.33. The van der Waals surface area contributed by atoms with Gasteiger partial charge in [0.1, 0.15) is 17.4 Å². The first-order valence-corrected chi connectivity index (χ1v) is 6.06. The first kappa shape index (κ1) is 15.0. The molecule has 1 saturated heterocycles. The van der Waals surface area contributed by atoms with Gasteiger partial charge in [-0.25, -0.2) is 4.79 Å². The van der Waals surface area contributed by atoms with Crippen LogP contribution in [-0.2, 0) is 9.47 Å². The van der Waals surface area contributed by atoms with Gasteiger partial charge in [0, 0.05) is 0 Å². The molecule has 2 atom stereocenters. The molecule has 1 N–H and O–H groups in total. The number of rotatable bonds is 2. The van der Waals surface area contributed by atoms with Crippen LogP contribution in [0.3, 0.4) is 0 Å². The Morgan fingerprint density at radius 2 is 2.11 bits per heavy atom. The molecular formula is C13H23NO4. The van der Waals surface area contributed by atoms with Gasteiger partial charge in [-0.3, -0.25) is 4.90 Å². The molecule has 0 aromatic carbocycles. The topological polar surface area (TPSA) is 59.0 Å². The summed E-state index contributed by atoms with van der Waals surface area (Å²) in [4.78, 5) is 13.6. The maximum absolute atomic E-state index is 12.2. The molecule has 1 rings (SSSR count). The van der Waals surface area contributed by atoms with Crippen LogP contribution in [0.5, 0.6) is 0 Å². The minimum Gasteiger partial charge on any atom is -0.444 e. The highest BCUT2D eigenvalue weighted by Gasteiger charge is 2.49. The highest BCUT2D eigenvalue weighted by atomic mass is 16.6. The first-order chi connectivity index (χ1) is 8.12. The summed E-state index contributed by atoms with van der Waals surface area (Å²) in [5, 5.41) is 9.44. The van der Waals surface area contributed by atoms with E-state index in [9.17, 15) is 9.90 Å². The van der Waals surface area contributed by atoms with Crippen LogP contribution in [0, 0.1) is 0 Å². The molecule has 18 heavy (non-hydrogen) atoms. The van der Waals surface area contributed by atoms with Crippen molar-refractivity contribution in [3.63, 3.8) is 0 Å². The van der Waals surface area contributed by atoms with Gasteiger partial charge in [0.2, 0.25) is 0 Å². The van der Waals surface area contributed by atoms with Crippen molar-refractivity contribution in [2.75, 3.05) is 6.61 Å². The Morgan fingerprint density at radius 1 is 1.56 bits per heavy atom. The average Bonchev–Trinajstić information content (AvgIpc) is 2.45. The van der Waals surface area contributed by atoms with Gasteiger partial charge in [0.25, 0.3) is 0 Å². The van der Waals surface area contributed by atoms with Crippen molar-refractivity contribution in [2.45, 2.75) is 58.1 Å². The Kier molecular flexibility index (Phi) is 4.08. The lowest BCUT2D eigenvalue weighted by Crippen LogP contribution is -2.51. The number of nitrogens with zero attached hydrogens (tertiary/aromatic N) is 1. The Bertz CT molecular complexity index is 332. The van der Waals surface area contributed by atoms with Gasteiger partial charge in [-0.2, -0.15) is 0 Å². The van der Waals surface area contributed by atoms with Gasteiger partial charge >= 0.3 is 6.09 Å². The molecule has 1 heterocycles. The predicted molar refractivity (Wildman–Crippen MR) is 68.1 cm³/mol. The molecule has 104 valence electrons.